The van der Waals surface area contributed by atoms with Gasteiger partial charge in [-0.05, 0) is 42.9 Å². The number of hydrogen-bond acceptors (Lipinski definition) is 2. The zero-order valence-corrected chi connectivity index (χ0v) is 13.7. The molecule has 21 heavy (non-hydrogen) atoms. The highest BCUT2D eigenvalue weighted by molar-refractivity contribution is 6.30. The lowest BCUT2D eigenvalue weighted by atomic mass is 9.87. The zero-order valence-electron chi connectivity index (χ0n) is 12.9. The van der Waals surface area contributed by atoms with Crippen LogP contribution in [-0.4, -0.2) is 30.3 Å². The Hall–Kier alpha value is -1.26. The SMILES string of the molecule is CC(O)CC(C)(C)CNC(=O)NCCc1cccc(Cl)c1. The van der Waals surface area contributed by atoms with E-state index in [-0.39, 0.29) is 17.6 Å². The lowest BCUT2D eigenvalue weighted by Gasteiger charge is -2.26. The van der Waals surface area contributed by atoms with Gasteiger partial charge in [-0.15, -0.1) is 0 Å². The van der Waals surface area contributed by atoms with Gasteiger partial charge in [-0.25, -0.2) is 4.79 Å². The molecular formula is C16H25ClN2O2. The van der Waals surface area contributed by atoms with Crippen molar-refractivity contribution in [1.82, 2.24) is 10.6 Å². The molecule has 1 atom stereocenters. The monoisotopic (exact) mass is 312 g/mol. The minimum atomic E-state index is -0.368. The highest BCUT2D eigenvalue weighted by atomic mass is 35.5. The smallest absolute Gasteiger partial charge is 0.314 e. The Morgan fingerprint density at radius 1 is 1.38 bits per heavy atom. The number of halogens is 1. The maximum Gasteiger partial charge on any atom is 0.314 e. The Kier molecular flexibility index (Phi) is 6.99. The van der Waals surface area contributed by atoms with E-state index in [1.165, 1.54) is 0 Å². The van der Waals surface area contributed by atoms with Crippen molar-refractivity contribution in [3.63, 3.8) is 0 Å². The molecule has 0 saturated heterocycles. The summed E-state index contributed by atoms with van der Waals surface area (Å²) in [5.74, 6) is 0. The topological polar surface area (TPSA) is 61.4 Å². The number of benzene rings is 1. The van der Waals surface area contributed by atoms with Crippen LogP contribution < -0.4 is 10.6 Å². The van der Waals surface area contributed by atoms with Crippen LogP contribution in [0.15, 0.2) is 24.3 Å². The van der Waals surface area contributed by atoms with Crippen LogP contribution in [0.2, 0.25) is 5.02 Å². The molecule has 1 aromatic rings. The Balaban J connectivity index is 2.25. The highest BCUT2D eigenvalue weighted by Crippen LogP contribution is 2.20. The number of amides is 2. The number of nitrogens with one attached hydrogen (secondary N) is 2. The molecule has 0 radical (unpaired) electrons. The standard InChI is InChI=1S/C16H25ClN2O2/c1-12(20)10-16(2,3)11-19-15(21)18-8-7-13-5-4-6-14(17)9-13/h4-6,9,12,20H,7-8,10-11H2,1-3H3,(H2,18,19,21). The quantitative estimate of drug-likeness (QED) is 0.725. The van der Waals surface area contributed by atoms with E-state index >= 15 is 0 Å². The van der Waals surface area contributed by atoms with Gasteiger partial charge in [0, 0.05) is 18.1 Å². The maximum atomic E-state index is 11.7. The average molecular weight is 313 g/mol. The van der Waals surface area contributed by atoms with Gasteiger partial charge in [0.1, 0.15) is 0 Å². The summed E-state index contributed by atoms with van der Waals surface area (Å²) in [7, 11) is 0. The molecule has 0 aliphatic rings. The second kappa shape index (κ2) is 8.25. The van der Waals surface area contributed by atoms with Crippen molar-refractivity contribution in [2.45, 2.75) is 39.7 Å². The molecule has 1 aromatic carbocycles. The van der Waals surface area contributed by atoms with E-state index in [1.807, 2.05) is 38.1 Å². The van der Waals surface area contributed by atoms with Crippen LogP contribution in [0, 0.1) is 5.41 Å². The fraction of sp³-hybridized carbons (Fsp3) is 0.562. The predicted molar refractivity (Wildman–Crippen MR) is 86.6 cm³/mol. The van der Waals surface area contributed by atoms with E-state index in [0.717, 1.165) is 12.0 Å². The first kappa shape index (κ1) is 17.8. The van der Waals surface area contributed by atoms with E-state index in [1.54, 1.807) is 6.92 Å². The van der Waals surface area contributed by atoms with Crippen molar-refractivity contribution >= 4 is 17.6 Å². The fourth-order valence-corrected chi connectivity index (χ4v) is 2.48. The molecule has 0 bridgehead atoms. The summed E-state index contributed by atoms with van der Waals surface area (Å²) in [6, 6.07) is 7.42. The van der Waals surface area contributed by atoms with Gasteiger partial charge < -0.3 is 15.7 Å². The van der Waals surface area contributed by atoms with Crippen LogP contribution in [0.1, 0.15) is 32.8 Å². The van der Waals surface area contributed by atoms with Crippen LogP contribution in [0.3, 0.4) is 0 Å². The van der Waals surface area contributed by atoms with E-state index < -0.39 is 0 Å². The van der Waals surface area contributed by atoms with Crippen molar-refractivity contribution in [3.05, 3.63) is 34.9 Å². The molecule has 3 N–H and O–H groups in total. The van der Waals surface area contributed by atoms with Crippen molar-refractivity contribution in [3.8, 4) is 0 Å². The van der Waals surface area contributed by atoms with Gasteiger partial charge in [-0.1, -0.05) is 37.6 Å². The molecule has 0 aliphatic carbocycles. The van der Waals surface area contributed by atoms with Crippen LogP contribution in [0.4, 0.5) is 4.79 Å². The minimum absolute atomic E-state index is 0.127. The molecule has 118 valence electrons. The largest absolute Gasteiger partial charge is 0.393 e. The molecule has 0 fully saturated rings. The van der Waals surface area contributed by atoms with E-state index in [2.05, 4.69) is 10.6 Å². The molecule has 0 aliphatic heterocycles. The summed E-state index contributed by atoms with van der Waals surface area (Å²) in [6.07, 6.45) is 1.02. The Morgan fingerprint density at radius 2 is 2.10 bits per heavy atom. The van der Waals surface area contributed by atoms with E-state index in [9.17, 15) is 9.90 Å². The van der Waals surface area contributed by atoms with Gasteiger partial charge in [0.15, 0.2) is 0 Å². The molecule has 0 aromatic heterocycles. The summed E-state index contributed by atoms with van der Waals surface area (Å²) in [6.45, 7) is 6.88. The van der Waals surface area contributed by atoms with Crippen LogP contribution in [0.5, 0.6) is 0 Å². The second-order valence-electron chi connectivity index (χ2n) is 6.21. The first-order valence-electron chi connectivity index (χ1n) is 7.23. The minimum Gasteiger partial charge on any atom is -0.393 e. The van der Waals surface area contributed by atoms with Crippen LogP contribution >= 0.6 is 11.6 Å². The van der Waals surface area contributed by atoms with E-state index in [0.29, 0.717) is 24.5 Å². The van der Waals surface area contributed by atoms with Crippen LogP contribution in [-0.2, 0) is 6.42 Å². The molecule has 0 saturated carbocycles. The zero-order chi connectivity index (χ0) is 15.9. The summed E-state index contributed by atoms with van der Waals surface area (Å²) in [4.78, 5) is 11.7. The Bertz CT molecular complexity index is 461. The Morgan fingerprint density at radius 3 is 2.71 bits per heavy atom. The molecule has 1 unspecified atom stereocenters. The molecule has 5 heteroatoms. The Labute approximate surface area is 131 Å². The molecule has 0 spiro atoms. The summed E-state index contributed by atoms with van der Waals surface area (Å²) in [5, 5.41) is 15.8. The fourth-order valence-electron chi connectivity index (χ4n) is 2.27. The van der Waals surface area contributed by atoms with Gasteiger partial charge >= 0.3 is 6.03 Å². The van der Waals surface area contributed by atoms with Crippen molar-refractivity contribution in [1.29, 1.82) is 0 Å². The van der Waals surface area contributed by atoms with E-state index in [4.69, 9.17) is 11.6 Å². The van der Waals surface area contributed by atoms with Gasteiger partial charge in [0.05, 0.1) is 6.10 Å². The van der Waals surface area contributed by atoms with Gasteiger partial charge in [0.2, 0.25) is 0 Å². The lowest BCUT2D eigenvalue weighted by Crippen LogP contribution is -2.42. The summed E-state index contributed by atoms with van der Waals surface area (Å²) < 4.78 is 0. The summed E-state index contributed by atoms with van der Waals surface area (Å²) in [5.41, 5.74) is 0.968. The summed E-state index contributed by atoms with van der Waals surface area (Å²) >= 11 is 5.91. The third kappa shape index (κ3) is 7.93. The number of aliphatic hydroxyl groups excluding tert-OH is 1. The van der Waals surface area contributed by atoms with Crippen molar-refractivity contribution in [2.24, 2.45) is 5.41 Å². The lowest BCUT2D eigenvalue weighted by molar-refractivity contribution is 0.129. The average Bonchev–Trinajstić information content (AvgIpc) is 2.35. The molecule has 0 heterocycles. The molecule has 4 nitrogen and oxygen atoms in total. The number of urea groups is 1. The normalized spacial score (nSPS) is 12.8. The number of carbonyl (C=O) groups excluding carboxylic acids is 1. The van der Waals surface area contributed by atoms with Gasteiger partial charge in [-0.2, -0.15) is 0 Å². The third-order valence-electron chi connectivity index (χ3n) is 3.16. The number of aliphatic hydroxyl groups is 1. The maximum absolute atomic E-state index is 11.7. The van der Waals surface area contributed by atoms with Gasteiger partial charge in [0.25, 0.3) is 0 Å². The number of hydrogen-bond donors (Lipinski definition) is 3. The molecule has 2 amide bonds. The molecule has 1 rings (SSSR count). The second-order valence-corrected chi connectivity index (χ2v) is 6.64. The van der Waals surface area contributed by atoms with Crippen molar-refractivity contribution in [2.75, 3.05) is 13.1 Å². The first-order chi connectivity index (χ1) is 9.78. The van der Waals surface area contributed by atoms with Crippen molar-refractivity contribution < 1.29 is 9.90 Å². The third-order valence-corrected chi connectivity index (χ3v) is 3.40. The highest BCUT2D eigenvalue weighted by Gasteiger charge is 2.20. The van der Waals surface area contributed by atoms with Crippen LogP contribution in [0.25, 0.3) is 0 Å². The predicted octanol–water partition coefficient (Wildman–Crippen LogP) is 2.98. The van der Waals surface area contributed by atoms with Gasteiger partial charge in [-0.3, -0.25) is 0 Å². The number of carbonyl (C=O) groups is 1. The number of rotatable bonds is 7. The first-order valence-corrected chi connectivity index (χ1v) is 7.60. The molecular weight excluding hydrogens is 288 g/mol.